The molecule has 0 atom stereocenters. The van der Waals surface area contributed by atoms with E-state index in [-0.39, 0.29) is 0 Å². The number of rotatable bonds is 2. The first-order chi connectivity index (χ1) is 10.9. The fourth-order valence-electron chi connectivity index (χ4n) is 2.97. The maximum atomic E-state index is 9.10. The SMILES string of the molecule is N#Cc1ccc2ncc(-c3ccnn3C3CCOCC3)n2c1. The van der Waals surface area contributed by atoms with Gasteiger partial charge in [-0.25, -0.2) is 4.98 Å². The zero-order valence-electron chi connectivity index (χ0n) is 12.0. The number of ether oxygens (including phenoxy) is 1. The summed E-state index contributed by atoms with van der Waals surface area (Å²) in [5.41, 5.74) is 3.42. The van der Waals surface area contributed by atoms with E-state index in [2.05, 4.69) is 20.8 Å². The lowest BCUT2D eigenvalue weighted by Crippen LogP contribution is -2.21. The lowest BCUT2D eigenvalue weighted by Gasteiger charge is -2.24. The van der Waals surface area contributed by atoms with E-state index in [0.717, 1.165) is 43.1 Å². The van der Waals surface area contributed by atoms with Crippen molar-refractivity contribution in [3.05, 3.63) is 42.4 Å². The lowest BCUT2D eigenvalue weighted by atomic mass is 10.1. The number of fused-ring (bicyclic) bond motifs is 1. The van der Waals surface area contributed by atoms with E-state index in [0.29, 0.717) is 11.6 Å². The molecule has 110 valence electrons. The maximum absolute atomic E-state index is 9.10. The molecule has 1 fully saturated rings. The molecule has 0 N–H and O–H groups in total. The van der Waals surface area contributed by atoms with E-state index < -0.39 is 0 Å². The Morgan fingerprint density at radius 2 is 2.05 bits per heavy atom. The fourth-order valence-corrected chi connectivity index (χ4v) is 2.97. The molecule has 4 rings (SSSR count). The van der Waals surface area contributed by atoms with Crippen LogP contribution in [0.5, 0.6) is 0 Å². The minimum atomic E-state index is 0.350. The predicted molar refractivity (Wildman–Crippen MR) is 80.2 cm³/mol. The van der Waals surface area contributed by atoms with Crippen LogP contribution >= 0.6 is 0 Å². The summed E-state index contributed by atoms with van der Waals surface area (Å²) in [7, 11) is 0. The standard InChI is InChI=1S/C16H15N5O/c17-9-12-1-2-16-18-10-15(20(16)11-12)14-3-6-19-21(14)13-4-7-22-8-5-13/h1-3,6,10-11,13H,4-5,7-8H2. The summed E-state index contributed by atoms with van der Waals surface area (Å²) >= 11 is 0. The van der Waals surface area contributed by atoms with Gasteiger partial charge in [0.2, 0.25) is 0 Å². The van der Waals surface area contributed by atoms with E-state index in [1.54, 1.807) is 6.07 Å². The Bertz CT molecular complexity index is 851. The Morgan fingerprint density at radius 3 is 2.86 bits per heavy atom. The first-order valence-electron chi connectivity index (χ1n) is 7.35. The maximum Gasteiger partial charge on any atom is 0.137 e. The van der Waals surface area contributed by atoms with Crippen molar-refractivity contribution in [3.63, 3.8) is 0 Å². The van der Waals surface area contributed by atoms with Gasteiger partial charge in [0.15, 0.2) is 0 Å². The van der Waals surface area contributed by atoms with Crippen LogP contribution < -0.4 is 0 Å². The van der Waals surface area contributed by atoms with Crippen molar-refractivity contribution < 1.29 is 4.74 Å². The topological polar surface area (TPSA) is 68.1 Å². The molecule has 0 amide bonds. The molecule has 0 aliphatic carbocycles. The van der Waals surface area contributed by atoms with Crippen LogP contribution in [0.2, 0.25) is 0 Å². The second-order valence-electron chi connectivity index (χ2n) is 5.41. The second-order valence-corrected chi connectivity index (χ2v) is 5.41. The van der Waals surface area contributed by atoms with Crippen molar-refractivity contribution in [2.45, 2.75) is 18.9 Å². The minimum Gasteiger partial charge on any atom is -0.381 e. The van der Waals surface area contributed by atoms with Crippen molar-refractivity contribution in [2.24, 2.45) is 0 Å². The largest absolute Gasteiger partial charge is 0.381 e. The predicted octanol–water partition coefficient (Wildman–Crippen LogP) is 2.42. The Labute approximate surface area is 127 Å². The number of nitriles is 1. The molecule has 3 aromatic rings. The van der Waals surface area contributed by atoms with Crippen LogP contribution in [-0.4, -0.2) is 32.4 Å². The Hall–Kier alpha value is -2.65. The van der Waals surface area contributed by atoms with Gasteiger partial charge >= 0.3 is 0 Å². The highest BCUT2D eigenvalue weighted by Gasteiger charge is 2.20. The van der Waals surface area contributed by atoms with Gasteiger partial charge in [0.25, 0.3) is 0 Å². The third-order valence-electron chi connectivity index (χ3n) is 4.10. The molecule has 1 saturated heterocycles. The molecule has 6 heteroatoms. The van der Waals surface area contributed by atoms with Crippen LogP contribution in [0.15, 0.2) is 36.8 Å². The summed E-state index contributed by atoms with van der Waals surface area (Å²) in [6.07, 6.45) is 7.41. The van der Waals surface area contributed by atoms with Gasteiger partial charge < -0.3 is 4.74 Å². The molecule has 0 saturated carbocycles. The summed E-state index contributed by atoms with van der Waals surface area (Å²) in [6, 6.07) is 8.16. The molecule has 22 heavy (non-hydrogen) atoms. The van der Waals surface area contributed by atoms with Crippen LogP contribution in [0.4, 0.5) is 0 Å². The molecule has 4 heterocycles. The summed E-state index contributed by atoms with van der Waals surface area (Å²) in [5, 5.41) is 13.6. The van der Waals surface area contributed by atoms with Gasteiger partial charge in [-0.1, -0.05) is 0 Å². The average molecular weight is 293 g/mol. The van der Waals surface area contributed by atoms with Crippen LogP contribution in [0.1, 0.15) is 24.4 Å². The molecule has 1 aliphatic rings. The first kappa shape index (κ1) is 13.0. The molecule has 0 spiro atoms. The van der Waals surface area contributed by atoms with E-state index in [1.807, 2.05) is 35.1 Å². The van der Waals surface area contributed by atoms with Gasteiger partial charge in [-0.2, -0.15) is 10.4 Å². The molecule has 3 aromatic heterocycles. The molecule has 1 aliphatic heterocycles. The number of hydrogen-bond donors (Lipinski definition) is 0. The van der Waals surface area contributed by atoms with Gasteiger partial charge in [-0.05, 0) is 31.0 Å². The van der Waals surface area contributed by atoms with Gasteiger partial charge in [-0.15, -0.1) is 0 Å². The zero-order chi connectivity index (χ0) is 14.9. The highest BCUT2D eigenvalue weighted by atomic mass is 16.5. The molecule has 0 unspecified atom stereocenters. The van der Waals surface area contributed by atoms with Crippen molar-refractivity contribution >= 4 is 5.65 Å². The normalized spacial score (nSPS) is 16.0. The van der Waals surface area contributed by atoms with Crippen LogP contribution in [0.3, 0.4) is 0 Å². The van der Waals surface area contributed by atoms with E-state index in [9.17, 15) is 0 Å². The van der Waals surface area contributed by atoms with E-state index in [1.165, 1.54) is 0 Å². The summed E-state index contributed by atoms with van der Waals surface area (Å²) in [6.45, 7) is 1.55. The van der Waals surface area contributed by atoms with Gasteiger partial charge in [0, 0.05) is 25.6 Å². The third-order valence-corrected chi connectivity index (χ3v) is 4.10. The highest BCUT2D eigenvalue weighted by molar-refractivity contribution is 5.61. The molecular formula is C16H15N5O. The van der Waals surface area contributed by atoms with Crippen molar-refractivity contribution in [1.29, 1.82) is 5.26 Å². The van der Waals surface area contributed by atoms with Crippen molar-refractivity contribution in [3.8, 4) is 17.5 Å². The smallest absolute Gasteiger partial charge is 0.137 e. The van der Waals surface area contributed by atoms with Crippen LogP contribution in [0, 0.1) is 11.3 Å². The number of pyridine rings is 1. The average Bonchev–Trinajstić information content (AvgIpc) is 3.21. The van der Waals surface area contributed by atoms with Crippen LogP contribution in [-0.2, 0) is 4.74 Å². The Balaban J connectivity index is 1.82. The molecule has 0 bridgehead atoms. The summed E-state index contributed by atoms with van der Waals surface area (Å²) in [5.74, 6) is 0. The van der Waals surface area contributed by atoms with E-state index >= 15 is 0 Å². The number of aromatic nitrogens is 4. The van der Waals surface area contributed by atoms with Crippen LogP contribution in [0.25, 0.3) is 17.0 Å². The van der Waals surface area contributed by atoms with Gasteiger partial charge in [0.1, 0.15) is 11.7 Å². The first-order valence-corrected chi connectivity index (χ1v) is 7.35. The fraction of sp³-hybridized carbons (Fsp3) is 0.312. The van der Waals surface area contributed by atoms with Gasteiger partial charge in [-0.3, -0.25) is 9.08 Å². The highest BCUT2D eigenvalue weighted by Crippen LogP contribution is 2.28. The third kappa shape index (κ3) is 2.07. The minimum absolute atomic E-state index is 0.350. The number of hydrogen-bond acceptors (Lipinski definition) is 4. The van der Waals surface area contributed by atoms with Crippen molar-refractivity contribution in [1.82, 2.24) is 19.2 Å². The van der Waals surface area contributed by atoms with Gasteiger partial charge in [0.05, 0.1) is 29.2 Å². The summed E-state index contributed by atoms with van der Waals surface area (Å²) < 4.78 is 9.44. The number of imidazole rings is 1. The van der Waals surface area contributed by atoms with Crippen molar-refractivity contribution in [2.75, 3.05) is 13.2 Å². The van der Waals surface area contributed by atoms with E-state index in [4.69, 9.17) is 10.00 Å². The Morgan fingerprint density at radius 1 is 1.18 bits per heavy atom. The molecule has 0 radical (unpaired) electrons. The quantitative estimate of drug-likeness (QED) is 0.727. The molecular weight excluding hydrogens is 278 g/mol. The Kier molecular flexibility index (Phi) is 3.13. The zero-order valence-corrected chi connectivity index (χ0v) is 12.0. The summed E-state index contributed by atoms with van der Waals surface area (Å²) in [4.78, 5) is 4.42. The lowest BCUT2D eigenvalue weighted by molar-refractivity contribution is 0.0667. The molecule has 6 nitrogen and oxygen atoms in total. The molecule has 0 aromatic carbocycles. The second kappa shape index (κ2) is 5.28. The monoisotopic (exact) mass is 293 g/mol. The number of nitrogens with zero attached hydrogens (tertiary/aromatic N) is 5.